The van der Waals surface area contributed by atoms with E-state index < -0.39 is 18.7 Å². The molecule has 0 unspecified atom stereocenters. The van der Waals surface area contributed by atoms with Crippen LogP contribution in [0.4, 0.5) is 8.78 Å². The average Bonchev–Trinajstić information content (AvgIpc) is 2.41. The third-order valence-electron chi connectivity index (χ3n) is 1.95. The van der Waals surface area contributed by atoms with Crippen LogP contribution in [0, 0.1) is 3.57 Å². The minimum absolute atomic E-state index is 0.340. The summed E-state index contributed by atoms with van der Waals surface area (Å²) in [6, 6.07) is 4.98. The molecule has 0 spiro atoms. The first-order chi connectivity index (χ1) is 7.08. The van der Waals surface area contributed by atoms with Gasteiger partial charge in [-0.15, -0.1) is 0 Å². The summed E-state index contributed by atoms with van der Waals surface area (Å²) < 4.78 is 31.0. The molecule has 15 heavy (non-hydrogen) atoms. The highest BCUT2D eigenvalue weighted by Crippen LogP contribution is 2.17. The van der Waals surface area contributed by atoms with Crippen LogP contribution in [0.15, 0.2) is 27.4 Å². The molecule has 0 aliphatic carbocycles. The van der Waals surface area contributed by atoms with Gasteiger partial charge in [-0.1, -0.05) is 0 Å². The van der Waals surface area contributed by atoms with Gasteiger partial charge in [0.15, 0.2) is 5.58 Å². The zero-order chi connectivity index (χ0) is 11.0. The van der Waals surface area contributed by atoms with Gasteiger partial charge in [0.25, 0.3) is 6.43 Å². The van der Waals surface area contributed by atoms with Crippen LogP contribution in [0.25, 0.3) is 11.1 Å². The molecule has 0 amide bonds. The Kier molecular flexibility index (Phi) is 2.76. The first kappa shape index (κ1) is 10.6. The van der Waals surface area contributed by atoms with E-state index in [-0.39, 0.29) is 0 Å². The van der Waals surface area contributed by atoms with Crippen LogP contribution in [0.2, 0.25) is 0 Å². The van der Waals surface area contributed by atoms with E-state index >= 15 is 0 Å². The van der Waals surface area contributed by atoms with E-state index in [1.165, 1.54) is 0 Å². The zero-order valence-electron chi connectivity index (χ0n) is 7.41. The van der Waals surface area contributed by atoms with Crippen LogP contribution in [0.3, 0.4) is 0 Å². The summed E-state index contributed by atoms with van der Waals surface area (Å²) in [5.41, 5.74) is 0.744. The second-order valence-electron chi connectivity index (χ2n) is 2.98. The second-order valence-corrected chi connectivity index (χ2v) is 4.23. The number of nitrogens with zero attached hydrogens (tertiary/aromatic N) is 1. The summed E-state index contributed by atoms with van der Waals surface area (Å²) >= 11 is 2.05. The van der Waals surface area contributed by atoms with Gasteiger partial charge in [-0.2, -0.15) is 0 Å². The fraction of sp³-hybridized carbons (Fsp3) is 0.222. The van der Waals surface area contributed by atoms with Crippen molar-refractivity contribution in [2.24, 2.45) is 0 Å². The minimum atomic E-state index is -2.57. The fourth-order valence-electron chi connectivity index (χ4n) is 1.35. The molecule has 3 nitrogen and oxygen atoms in total. The number of aromatic nitrogens is 1. The number of halogens is 3. The van der Waals surface area contributed by atoms with Crippen LogP contribution < -0.4 is 5.76 Å². The highest BCUT2D eigenvalue weighted by Gasteiger charge is 2.13. The summed E-state index contributed by atoms with van der Waals surface area (Å²) in [7, 11) is 0. The average molecular weight is 325 g/mol. The molecule has 0 aliphatic heterocycles. The normalized spacial score (nSPS) is 11.5. The number of benzene rings is 1. The quantitative estimate of drug-likeness (QED) is 0.795. The van der Waals surface area contributed by atoms with Gasteiger partial charge in [-0.25, -0.2) is 13.6 Å². The van der Waals surface area contributed by atoms with Crippen molar-refractivity contribution in [3.05, 3.63) is 32.3 Å². The van der Waals surface area contributed by atoms with Crippen molar-refractivity contribution < 1.29 is 13.2 Å². The van der Waals surface area contributed by atoms with Crippen molar-refractivity contribution in [3.8, 4) is 0 Å². The standard InChI is InChI=1S/C9H6F2INO2/c10-8(11)4-13-6-2-1-5(12)3-7(6)15-9(13)14/h1-3,8H,4H2. The van der Waals surface area contributed by atoms with Crippen molar-refractivity contribution in [2.75, 3.05) is 0 Å². The summed E-state index contributed by atoms with van der Waals surface area (Å²) in [4.78, 5) is 11.2. The molecule has 6 heteroatoms. The Bertz CT molecular complexity index is 547. The monoisotopic (exact) mass is 325 g/mol. The highest BCUT2D eigenvalue weighted by atomic mass is 127. The molecular weight excluding hydrogens is 319 g/mol. The van der Waals surface area contributed by atoms with Crippen molar-refractivity contribution in [1.29, 1.82) is 0 Å². The molecule has 0 atom stereocenters. The van der Waals surface area contributed by atoms with Crippen LogP contribution >= 0.6 is 22.6 Å². The molecule has 0 fully saturated rings. The summed E-state index contributed by atoms with van der Waals surface area (Å²) in [5.74, 6) is -0.743. The van der Waals surface area contributed by atoms with Gasteiger partial charge in [0.2, 0.25) is 0 Å². The Morgan fingerprint density at radius 3 is 2.87 bits per heavy atom. The van der Waals surface area contributed by atoms with E-state index in [0.29, 0.717) is 11.1 Å². The largest absolute Gasteiger partial charge is 0.420 e. The molecule has 1 heterocycles. The Labute approximate surface area is 96.8 Å². The van der Waals surface area contributed by atoms with E-state index in [2.05, 4.69) is 22.6 Å². The van der Waals surface area contributed by atoms with E-state index in [1.54, 1.807) is 18.2 Å². The first-order valence-corrected chi connectivity index (χ1v) is 5.23. The van der Waals surface area contributed by atoms with Gasteiger partial charge in [0.1, 0.15) is 0 Å². The molecule has 1 aromatic heterocycles. The molecule has 1 aromatic carbocycles. The van der Waals surface area contributed by atoms with Gasteiger partial charge >= 0.3 is 5.76 Å². The molecule has 0 aliphatic rings. The van der Waals surface area contributed by atoms with Gasteiger partial charge < -0.3 is 4.42 Å². The number of alkyl halides is 2. The fourth-order valence-corrected chi connectivity index (χ4v) is 1.81. The molecule has 0 saturated heterocycles. The van der Waals surface area contributed by atoms with Crippen LogP contribution in [-0.4, -0.2) is 11.0 Å². The number of hydrogen-bond donors (Lipinski definition) is 0. The van der Waals surface area contributed by atoms with Crippen molar-refractivity contribution in [2.45, 2.75) is 13.0 Å². The smallest absolute Gasteiger partial charge is 0.408 e. The van der Waals surface area contributed by atoms with Gasteiger partial charge in [-0.3, -0.25) is 4.57 Å². The van der Waals surface area contributed by atoms with E-state index in [9.17, 15) is 13.6 Å². The predicted octanol–water partition coefficient (Wildman–Crippen LogP) is 2.46. The van der Waals surface area contributed by atoms with Crippen molar-refractivity contribution in [1.82, 2.24) is 4.57 Å². The lowest BCUT2D eigenvalue weighted by atomic mass is 10.3. The van der Waals surface area contributed by atoms with Crippen LogP contribution in [-0.2, 0) is 6.54 Å². The lowest BCUT2D eigenvalue weighted by Crippen LogP contribution is -2.18. The Balaban J connectivity index is 2.63. The number of hydrogen-bond acceptors (Lipinski definition) is 2. The highest BCUT2D eigenvalue weighted by molar-refractivity contribution is 14.1. The summed E-state index contributed by atoms with van der Waals surface area (Å²) in [6.07, 6.45) is -2.57. The lowest BCUT2D eigenvalue weighted by Gasteiger charge is -1.99. The third kappa shape index (κ3) is 2.04. The van der Waals surface area contributed by atoms with Crippen LogP contribution in [0.5, 0.6) is 0 Å². The van der Waals surface area contributed by atoms with E-state index in [1.807, 2.05) is 0 Å². The first-order valence-electron chi connectivity index (χ1n) is 4.15. The SMILES string of the molecule is O=c1oc2cc(I)ccc2n1CC(F)F. The molecule has 2 aromatic rings. The maximum absolute atomic E-state index is 12.2. The minimum Gasteiger partial charge on any atom is -0.408 e. The molecule has 0 saturated carbocycles. The zero-order valence-corrected chi connectivity index (χ0v) is 9.57. The number of oxazole rings is 1. The summed E-state index contributed by atoms with van der Waals surface area (Å²) in [6.45, 7) is -0.633. The molecular formula is C9H6F2INO2. The Hall–Kier alpha value is -0.920. The molecule has 80 valence electrons. The lowest BCUT2D eigenvalue weighted by molar-refractivity contribution is 0.125. The van der Waals surface area contributed by atoms with E-state index in [0.717, 1.165) is 8.14 Å². The van der Waals surface area contributed by atoms with Gasteiger partial charge in [0.05, 0.1) is 12.1 Å². The maximum Gasteiger partial charge on any atom is 0.420 e. The second kappa shape index (κ2) is 3.92. The predicted molar refractivity (Wildman–Crippen MR) is 59.2 cm³/mol. The van der Waals surface area contributed by atoms with Crippen molar-refractivity contribution in [3.63, 3.8) is 0 Å². The van der Waals surface area contributed by atoms with Crippen LogP contribution in [0.1, 0.15) is 0 Å². The molecule has 2 rings (SSSR count). The van der Waals surface area contributed by atoms with E-state index in [4.69, 9.17) is 4.42 Å². The van der Waals surface area contributed by atoms with Gasteiger partial charge in [-0.05, 0) is 40.8 Å². The molecule has 0 bridgehead atoms. The molecule has 0 N–H and O–H groups in total. The Morgan fingerprint density at radius 2 is 2.20 bits per heavy atom. The molecule has 0 radical (unpaired) electrons. The number of rotatable bonds is 2. The van der Waals surface area contributed by atoms with Crippen molar-refractivity contribution >= 4 is 33.7 Å². The summed E-state index contributed by atoms with van der Waals surface area (Å²) in [5, 5.41) is 0. The topological polar surface area (TPSA) is 35.1 Å². The Morgan fingerprint density at radius 1 is 1.47 bits per heavy atom. The maximum atomic E-state index is 12.2. The third-order valence-corrected chi connectivity index (χ3v) is 2.62. The number of fused-ring (bicyclic) bond motifs is 1. The van der Waals surface area contributed by atoms with Gasteiger partial charge in [0, 0.05) is 3.57 Å².